The van der Waals surface area contributed by atoms with Crippen LogP contribution in [-0.4, -0.2) is 34.6 Å². The minimum atomic E-state index is -0.363. The fraction of sp³-hybridized carbons (Fsp3) is 0.500. The van der Waals surface area contributed by atoms with Crippen LogP contribution in [0.4, 0.5) is 0 Å². The number of carbonyl (C=O) groups is 1. The molecule has 0 spiro atoms. The number of rotatable bonds is 4. The van der Waals surface area contributed by atoms with Crippen LogP contribution in [0.25, 0.3) is 0 Å². The number of halogens is 1. The van der Waals surface area contributed by atoms with Gasteiger partial charge in [-0.3, -0.25) is 9.69 Å². The third-order valence-electron chi connectivity index (χ3n) is 1.27. The Labute approximate surface area is 84.5 Å². The Hall–Kier alpha value is -0.720. The van der Waals surface area contributed by atoms with Crippen molar-refractivity contribution in [2.75, 3.05) is 13.6 Å². The van der Waals surface area contributed by atoms with Crippen molar-refractivity contribution in [2.45, 2.75) is 6.54 Å². The molecule has 0 radical (unpaired) electrons. The van der Waals surface area contributed by atoms with Crippen molar-refractivity contribution >= 4 is 28.8 Å². The van der Waals surface area contributed by atoms with E-state index in [1.807, 2.05) is 0 Å². The van der Waals surface area contributed by atoms with E-state index in [-0.39, 0.29) is 12.5 Å². The Bertz CT molecular complexity index is 303. The average molecular weight is 221 g/mol. The zero-order valence-corrected chi connectivity index (χ0v) is 8.60. The molecule has 0 saturated heterocycles. The molecule has 1 aromatic rings. The van der Waals surface area contributed by atoms with Gasteiger partial charge in [0.2, 0.25) is 10.4 Å². The molecular weight excluding hydrogens is 212 g/mol. The fourth-order valence-electron chi connectivity index (χ4n) is 0.850. The highest BCUT2D eigenvalue weighted by Gasteiger charge is 2.07. The van der Waals surface area contributed by atoms with Gasteiger partial charge < -0.3 is 5.73 Å². The molecule has 0 aliphatic rings. The molecule has 0 aliphatic carbocycles. The van der Waals surface area contributed by atoms with E-state index in [1.54, 1.807) is 11.9 Å². The highest BCUT2D eigenvalue weighted by molar-refractivity contribution is 7.15. The Balaban J connectivity index is 2.44. The largest absolute Gasteiger partial charge is 0.369 e. The van der Waals surface area contributed by atoms with Gasteiger partial charge in [0.05, 0.1) is 13.1 Å². The topological polar surface area (TPSA) is 72.1 Å². The Kier molecular flexibility index (Phi) is 3.58. The predicted molar refractivity (Wildman–Crippen MR) is 50.4 cm³/mol. The van der Waals surface area contributed by atoms with Crippen LogP contribution in [0.15, 0.2) is 0 Å². The van der Waals surface area contributed by atoms with Crippen LogP contribution >= 0.6 is 22.9 Å². The number of nitrogens with two attached hydrogens (primary N) is 1. The van der Waals surface area contributed by atoms with Crippen molar-refractivity contribution in [3.63, 3.8) is 0 Å². The fourth-order valence-corrected chi connectivity index (χ4v) is 1.80. The van der Waals surface area contributed by atoms with E-state index >= 15 is 0 Å². The smallest absolute Gasteiger partial charge is 0.231 e. The summed E-state index contributed by atoms with van der Waals surface area (Å²) in [6.45, 7) is 0.741. The number of hydrogen-bond donors (Lipinski definition) is 1. The molecule has 7 heteroatoms. The molecule has 5 nitrogen and oxygen atoms in total. The molecule has 0 fully saturated rings. The molecule has 13 heavy (non-hydrogen) atoms. The normalized spacial score (nSPS) is 10.7. The maximum Gasteiger partial charge on any atom is 0.231 e. The van der Waals surface area contributed by atoms with Gasteiger partial charge in [-0.15, -0.1) is 10.2 Å². The number of likely N-dealkylation sites (N-methyl/N-ethyl adjacent to an activating group) is 1. The molecule has 1 heterocycles. The molecule has 0 saturated carbocycles. The summed E-state index contributed by atoms with van der Waals surface area (Å²) in [4.78, 5) is 12.3. The molecule has 0 aliphatic heterocycles. The molecule has 2 N–H and O–H groups in total. The third kappa shape index (κ3) is 3.67. The number of carbonyl (C=O) groups excluding carboxylic acids is 1. The molecule has 0 atom stereocenters. The van der Waals surface area contributed by atoms with Crippen molar-refractivity contribution in [1.82, 2.24) is 15.1 Å². The van der Waals surface area contributed by atoms with Crippen LogP contribution in [0.2, 0.25) is 4.47 Å². The van der Waals surface area contributed by atoms with E-state index in [9.17, 15) is 4.79 Å². The second-order valence-electron chi connectivity index (χ2n) is 2.59. The summed E-state index contributed by atoms with van der Waals surface area (Å²) >= 11 is 6.88. The van der Waals surface area contributed by atoms with Gasteiger partial charge in [0.25, 0.3) is 0 Å². The van der Waals surface area contributed by atoms with Crippen LogP contribution in [-0.2, 0) is 11.3 Å². The summed E-state index contributed by atoms with van der Waals surface area (Å²) in [5.74, 6) is -0.363. The first-order valence-electron chi connectivity index (χ1n) is 3.52. The summed E-state index contributed by atoms with van der Waals surface area (Å²) in [7, 11) is 1.78. The van der Waals surface area contributed by atoms with Gasteiger partial charge in [-0.2, -0.15) is 0 Å². The first-order valence-corrected chi connectivity index (χ1v) is 4.72. The van der Waals surface area contributed by atoms with Gasteiger partial charge in [0.15, 0.2) is 0 Å². The number of aromatic nitrogens is 2. The van der Waals surface area contributed by atoms with Crippen LogP contribution in [0.3, 0.4) is 0 Å². The number of nitrogens with zero attached hydrogens (tertiary/aromatic N) is 3. The van der Waals surface area contributed by atoms with Gasteiger partial charge in [0.1, 0.15) is 5.01 Å². The molecule has 1 amide bonds. The molecule has 0 unspecified atom stereocenters. The lowest BCUT2D eigenvalue weighted by atomic mass is 10.5. The molecule has 1 rings (SSSR count). The summed E-state index contributed by atoms with van der Waals surface area (Å²) in [5.41, 5.74) is 5.01. The Morgan fingerprint density at radius 1 is 1.69 bits per heavy atom. The van der Waals surface area contributed by atoms with Crippen molar-refractivity contribution in [2.24, 2.45) is 5.73 Å². The first-order chi connectivity index (χ1) is 6.08. The summed E-state index contributed by atoms with van der Waals surface area (Å²) in [5, 5.41) is 8.22. The minimum absolute atomic E-state index is 0.206. The van der Waals surface area contributed by atoms with Crippen LogP contribution in [0.5, 0.6) is 0 Å². The van der Waals surface area contributed by atoms with Gasteiger partial charge in [-0.05, 0) is 18.6 Å². The second kappa shape index (κ2) is 4.50. The summed E-state index contributed by atoms with van der Waals surface area (Å²) < 4.78 is 0.405. The SMILES string of the molecule is CN(CC(N)=O)Cc1nnc(Cl)s1. The zero-order valence-electron chi connectivity index (χ0n) is 7.03. The predicted octanol–water partition coefficient (Wildman–Crippen LogP) is 0.109. The minimum Gasteiger partial charge on any atom is -0.369 e. The Morgan fingerprint density at radius 3 is 2.85 bits per heavy atom. The maximum atomic E-state index is 10.5. The average Bonchev–Trinajstić information content (AvgIpc) is 2.33. The van der Waals surface area contributed by atoms with Crippen molar-refractivity contribution in [3.8, 4) is 0 Å². The standard InChI is InChI=1S/C6H9ClN4OS/c1-11(2-4(8)12)3-5-9-10-6(7)13-5/h2-3H2,1H3,(H2,8,12). The van der Waals surface area contributed by atoms with Gasteiger partial charge in [-0.25, -0.2) is 0 Å². The maximum absolute atomic E-state index is 10.5. The van der Waals surface area contributed by atoms with E-state index in [4.69, 9.17) is 17.3 Å². The molecule has 0 aromatic carbocycles. The lowest BCUT2D eigenvalue weighted by molar-refractivity contribution is -0.118. The van der Waals surface area contributed by atoms with Gasteiger partial charge in [-0.1, -0.05) is 11.3 Å². The van der Waals surface area contributed by atoms with E-state index < -0.39 is 0 Å². The third-order valence-corrected chi connectivity index (χ3v) is 2.28. The van der Waals surface area contributed by atoms with E-state index in [0.29, 0.717) is 11.0 Å². The monoisotopic (exact) mass is 220 g/mol. The Morgan fingerprint density at radius 2 is 2.38 bits per heavy atom. The van der Waals surface area contributed by atoms with Crippen LogP contribution in [0.1, 0.15) is 5.01 Å². The summed E-state index contributed by atoms with van der Waals surface area (Å²) in [6.07, 6.45) is 0. The quantitative estimate of drug-likeness (QED) is 0.782. The molecule has 1 aromatic heterocycles. The van der Waals surface area contributed by atoms with Crippen molar-refractivity contribution in [1.29, 1.82) is 0 Å². The van der Waals surface area contributed by atoms with Crippen LogP contribution < -0.4 is 5.73 Å². The van der Waals surface area contributed by atoms with E-state index in [0.717, 1.165) is 5.01 Å². The van der Waals surface area contributed by atoms with E-state index in [2.05, 4.69) is 10.2 Å². The van der Waals surface area contributed by atoms with Crippen molar-refractivity contribution in [3.05, 3.63) is 9.47 Å². The number of hydrogen-bond acceptors (Lipinski definition) is 5. The number of primary amides is 1. The first kappa shape index (κ1) is 10.4. The lowest BCUT2D eigenvalue weighted by Crippen LogP contribution is -2.30. The second-order valence-corrected chi connectivity index (χ2v) is 4.23. The zero-order chi connectivity index (χ0) is 9.84. The molecule has 72 valence electrons. The lowest BCUT2D eigenvalue weighted by Gasteiger charge is -2.10. The van der Waals surface area contributed by atoms with E-state index in [1.165, 1.54) is 11.3 Å². The van der Waals surface area contributed by atoms with Crippen LogP contribution in [0, 0.1) is 0 Å². The molecule has 0 bridgehead atoms. The number of amides is 1. The van der Waals surface area contributed by atoms with Gasteiger partial charge in [0, 0.05) is 0 Å². The molecular formula is C6H9ClN4OS. The highest BCUT2D eigenvalue weighted by Crippen LogP contribution is 2.15. The highest BCUT2D eigenvalue weighted by atomic mass is 35.5. The summed E-state index contributed by atoms with van der Waals surface area (Å²) in [6, 6.07) is 0. The van der Waals surface area contributed by atoms with Gasteiger partial charge >= 0.3 is 0 Å². The van der Waals surface area contributed by atoms with Crippen molar-refractivity contribution < 1.29 is 4.79 Å².